The number of carbonyl (C=O) groups excluding carboxylic acids is 2. The molecule has 0 radical (unpaired) electrons. The molecule has 1 saturated heterocycles. The maximum absolute atomic E-state index is 12.9. The minimum absolute atomic E-state index is 0.00339. The summed E-state index contributed by atoms with van der Waals surface area (Å²) in [6.07, 6.45) is 0. The van der Waals surface area contributed by atoms with E-state index in [9.17, 15) is 9.59 Å². The summed E-state index contributed by atoms with van der Waals surface area (Å²) in [7, 11) is 0. The van der Waals surface area contributed by atoms with Crippen LogP contribution in [0.3, 0.4) is 0 Å². The molecule has 31 heavy (non-hydrogen) atoms. The molecule has 2 amide bonds. The molecular weight excluding hydrogens is 412 g/mol. The van der Waals surface area contributed by atoms with E-state index in [1.807, 2.05) is 55.1 Å². The number of aromatic nitrogens is 1. The van der Waals surface area contributed by atoms with Crippen molar-refractivity contribution in [2.75, 3.05) is 38.0 Å². The van der Waals surface area contributed by atoms with Gasteiger partial charge in [-0.15, -0.1) is 0 Å². The lowest BCUT2D eigenvalue weighted by Gasteiger charge is -2.34. The number of hydrogen-bond donors (Lipinski definition) is 1. The lowest BCUT2D eigenvalue weighted by molar-refractivity contribution is -0.117. The molecule has 0 unspecified atom stereocenters. The molecule has 4 rings (SSSR count). The Labute approximate surface area is 186 Å². The van der Waals surface area contributed by atoms with E-state index < -0.39 is 0 Å². The summed E-state index contributed by atoms with van der Waals surface area (Å²) in [5.41, 5.74) is 4.49. The van der Waals surface area contributed by atoms with Crippen molar-refractivity contribution in [2.24, 2.45) is 0 Å². The first-order chi connectivity index (χ1) is 14.9. The smallest absolute Gasteiger partial charge is 0.253 e. The van der Waals surface area contributed by atoms with E-state index in [4.69, 9.17) is 11.6 Å². The van der Waals surface area contributed by atoms with Crippen LogP contribution in [0.1, 0.15) is 21.5 Å². The van der Waals surface area contributed by atoms with E-state index in [1.165, 1.54) is 0 Å². The molecule has 0 spiro atoms. The number of anilines is 1. The maximum atomic E-state index is 12.9. The van der Waals surface area contributed by atoms with Gasteiger partial charge in [0.05, 0.1) is 12.1 Å². The van der Waals surface area contributed by atoms with E-state index in [0.717, 1.165) is 27.7 Å². The molecule has 7 heteroatoms. The Hall–Kier alpha value is -2.96. The zero-order valence-electron chi connectivity index (χ0n) is 17.7. The van der Waals surface area contributed by atoms with Crippen molar-refractivity contribution in [3.8, 4) is 0 Å². The molecule has 0 bridgehead atoms. The first kappa shape index (κ1) is 21.3. The third kappa shape index (κ3) is 4.86. The van der Waals surface area contributed by atoms with E-state index >= 15 is 0 Å². The van der Waals surface area contributed by atoms with Gasteiger partial charge in [-0.2, -0.15) is 0 Å². The zero-order chi connectivity index (χ0) is 22.0. The monoisotopic (exact) mass is 436 g/mol. The number of carbonyl (C=O) groups is 2. The van der Waals surface area contributed by atoms with Crippen LogP contribution in [0.5, 0.6) is 0 Å². The van der Waals surface area contributed by atoms with Gasteiger partial charge in [-0.25, -0.2) is 4.98 Å². The Morgan fingerprint density at radius 3 is 2.58 bits per heavy atom. The van der Waals surface area contributed by atoms with Gasteiger partial charge in [0.1, 0.15) is 5.15 Å². The van der Waals surface area contributed by atoms with Gasteiger partial charge in [-0.1, -0.05) is 23.7 Å². The number of pyridine rings is 1. The second kappa shape index (κ2) is 9.04. The van der Waals surface area contributed by atoms with Crippen molar-refractivity contribution in [2.45, 2.75) is 13.8 Å². The normalized spacial score (nSPS) is 14.6. The summed E-state index contributed by atoms with van der Waals surface area (Å²) in [4.78, 5) is 33.6. The van der Waals surface area contributed by atoms with Crippen molar-refractivity contribution < 1.29 is 9.59 Å². The number of piperazine rings is 1. The summed E-state index contributed by atoms with van der Waals surface area (Å²) < 4.78 is 0. The summed E-state index contributed by atoms with van der Waals surface area (Å²) >= 11 is 5.93. The van der Waals surface area contributed by atoms with Gasteiger partial charge in [0, 0.05) is 42.8 Å². The number of aryl methyl sites for hydroxylation is 1. The molecule has 2 aromatic carbocycles. The average Bonchev–Trinajstić information content (AvgIpc) is 2.76. The fourth-order valence-electron chi connectivity index (χ4n) is 3.80. The van der Waals surface area contributed by atoms with Gasteiger partial charge in [0.2, 0.25) is 5.91 Å². The predicted octanol–water partition coefficient (Wildman–Crippen LogP) is 3.90. The molecular formula is C24H25ClN4O2. The van der Waals surface area contributed by atoms with Gasteiger partial charge in [0.15, 0.2) is 0 Å². The van der Waals surface area contributed by atoms with Gasteiger partial charge >= 0.3 is 0 Å². The fourth-order valence-corrected chi connectivity index (χ4v) is 3.96. The Morgan fingerprint density at radius 1 is 1.03 bits per heavy atom. The topological polar surface area (TPSA) is 65.5 Å². The van der Waals surface area contributed by atoms with Gasteiger partial charge < -0.3 is 10.2 Å². The Kier molecular flexibility index (Phi) is 6.20. The molecule has 1 aromatic heterocycles. The van der Waals surface area contributed by atoms with Crippen LogP contribution in [0, 0.1) is 13.8 Å². The lowest BCUT2D eigenvalue weighted by atomic mass is 10.1. The highest BCUT2D eigenvalue weighted by Gasteiger charge is 2.23. The van der Waals surface area contributed by atoms with Crippen molar-refractivity contribution in [1.82, 2.24) is 14.8 Å². The first-order valence-corrected chi connectivity index (χ1v) is 10.7. The molecule has 1 fully saturated rings. The Balaban J connectivity index is 1.33. The number of halogens is 1. The summed E-state index contributed by atoms with van der Waals surface area (Å²) in [5, 5.41) is 4.32. The predicted molar refractivity (Wildman–Crippen MR) is 124 cm³/mol. The van der Waals surface area contributed by atoms with Crippen LogP contribution in [0.2, 0.25) is 5.15 Å². The second-order valence-corrected chi connectivity index (χ2v) is 8.29. The lowest BCUT2D eigenvalue weighted by Crippen LogP contribution is -2.50. The molecule has 0 atom stereocenters. The number of nitrogens with zero attached hydrogens (tertiary/aromatic N) is 3. The van der Waals surface area contributed by atoms with Crippen LogP contribution in [0.15, 0.2) is 48.5 Å². The van der Waals surface area contributed by atoms with Crippen molar-refractivity contribution in [1.29, 1.82) is 0 Å². The summed E-state index contributed by atoms with van der Waals surface area (Å²) in [6, 6.07) is 14.9. The van der Waals surface area contributed by atoms with E-state index in [-0.39, 0.29) is 11.8 Å². The number of amides is 2. The molecule has 2 heterocycles. The first-order valence-electron chi connectivity index (χ1n) is 10.3. The highest BCUT2D eigenvalue weighted by Crippen LogP contribution is 2.20. The number of fused-ring (bicyclic) bond motifs is 1. The number of rotatable bonds is 4. The Morgan fingerprint density at radius 2 is 1.81 bits per heavy atom. The minimum atomic E-state index is -0.0332. The SMILES string of the molecule is Cc1cccc(NC(=O)CN2CCN(C(=O)c3ccc4nc(Cl)ccc4c3)CC2)c1C. The number of nitrogens with one attached hydrogen (secondary N) is 1. The largest absolute Gasteiger partial charge is 0.336 e. The average molecular weight is 437 g/mol. The maximum Gasteiger partial charge on any atom is 0.253 e. The van der Waals surface area contributed by atoms with Crippen molar-refractivity contribution in [3.05, 3.63) is 70.4 Å². The third-order valence-corrected chi connectivity index (χ3v) is 6.02. The molecule has 1 N–H and O–H groups in total. The summed E-state index contributed by atoms with van der Waals surface area (Å²) in [6.45, 7) is 6.86. The second-order valence-electron chi connectivity index (χ2n) is 7.91. The summed E-state index contributed by atoms with van der Waals surface area (Å²) in [5.74, 6) is -0.0366. The highest BCUT2D eigenvalue weighted by molar-refractivity contribution is 6.29. The molecule has 160 valence electrons. The standard InChI is InChI=1S/C24H25ClN4O2/c1-16-4-3-5-20(17(16)2)27-23(30)15-28-10-12-29(13-11-28)24(31)19-6-8-21-18(14-19)7-9-22(25)26-21/h3-9,14H,10-13,15H2,1-2H3,(H,27,30). The van der Waals surface area contributed by atoms with Crippen molar-refractivity contribution >= 4 is 40.0 Å². The molecule has 0 aliphatic carbocycles. The molecule has 3 aromatic rings. The van der Waals surface area contributed by atoms with Gasteiger partial charge in [-0.05, 0) is 61.4 Å². The van der Waals surface area contributed by atoms with Crippen LogP contribution < -0.4 is 5.32 Å². The fraction of sp³-hybridized carbons (Fsp3) is 0.292. The van der Waals surface area contributed by atoms with Crippen LogP contribution >= 0.6 is 11.6 Å². The Bertz CT molecular complexity index is 1140. The zero-order valence-corrected chi connectivity index (χ0v) is 18.4. The molecule has 6 nitrogen and oxygen atoms in total. The molecule has 0 saturated carbocycles. The van der Waals surface area contributed by atoms with Gasteiger partial charge in [0.25, 0.3) is 5.91 Å². The molecule has 1 aliphatic rings. The van der Waals surface area contributed by atoms with E-state index in [0.29, 0.717) is 43.4 Å². The van der Waals surface area contributed by atoms with Crippen LogP contribution in [0.4, 0.5) is 5.69 Å². The third-order valence-electron chi connectivity index (χ3n) is 5.81. The number of hydrogen-bond acceptors (Lipinski definition) is 4. The molecule has 1 aliphatic heterocycles. The minimum Gasteiger partial charge on any atom is -0.336 e. The van der Waals surface area contributed by atoms with E-state index in [1.54, 1.807) is 12.1 Å². The number of benzene rings is 2. The van der Waals surface area contributed by atoms with Crippen LogP contribution in [-0.2, 0) is 4.79 Å². The van der Waals surface area contributed by atoms with Crippen LogP contribution in [-0.4, -0.2) is 59.3 Å². The van der Waals surface area contributed by atoms with E-state index in [2.05, 4.69) is 15.2 Å². The van der Waals surface area contributed by atoms with Crippen molar-refractivity contribution in [3.63, 3.8) is 0 Å². The quantitative estimate of drug-likeness (QED) is 0.630. The highest BCUT2D eigenvalue weighted by atomic mass is 35.5. The van der Waals surface area contributed by atoms with Gasteiger partial charge in [-0.3, -0.25) is 14.5 Å². The van der Waals surface area contributed by atoms with Crippen LogP contribution in [0.25, 0.3) is 10.9 Å².